The zero-order valence-electron chi connectivity index (χ0n) is 40.2. The number of carbonyl (C=O) groups excluding carboxylic acids is 2. The molecule has 0 aromatic carbocycles. The normalized spacial score (nSPS) is 12.8. The van der Waals surface area contributed by atoms with Crippen LogP contribution in [0.25, 0.3) is 0 Å². The topological polar surface area (TPSA) is 95.9 Å². The van der Waals surface area contributed by atoms with Crippen molar-refractivity contribution in [2.24, 2.45) is 0 Å². The molecule has 1 amide bonds. The number of nitrogens with one attached hydrogen (secondary N) is 1. The Morgan fingerprint density at radius 1 is 0.450 bits per heavy atom. The van der Waals surface area contributed by atoms with Gasteiger partial charge >= 0.3 is 5.97 Å². The maximum Gasteiger partial charge on any atom is 0.305 e. The van der Waals surface area contributed by atoms with Gasteiger partial charge in [0.15, 0.2) is 0 Å². The van der Waals surface area contributed by atoms with Crippen molar-refractivity contribution in [3.8, 4) is 0 Å². The van der Waals surface area contributed by atoms with Gasteiger partial charge in [0, 0.05) is 12.8 Å². The lowest BCUT2D eigenvalue weighted by Gasteiger charge is -2.20. The minimum absolute atomic E-state index is 0.00860. The highest BCUT2D eigenvalue weighted by molar-refractivity contribution is 5.76. The fourth-order valence-electron chi connectivity index (χ4n) is 8.10. The Labute approximate surface area is 373 Å². The SMILES string of the molecule is CCCCCCCCCCCCC/C=C/C(O)C(CO)NC(=O)CCCCCCCCC/C=C\CCCCCCOC(=O)CCCCCCCCCCCCCCCCC. The number of aliphatic hydroxyl groups is 2. The molecule has 0 aliphatic heterocycles. The number of allylic oxidation sites excluding steroid dienone is 3. The van der Waals surface area contributed by atoms with Gasteiger partial charge in [-0.25, -0.2) is 0 Å². The van der Waals surface area contributed by atoms with Crippen molar-refractivity contribution in [1.29, 1.82) is 0 Å². The van der Waals surface area contributed by atoms with E-state index in [0.29, 0.717) is 19.4 Å². The van der Waals surface area contributed by atoms with E-state index in [-0.39, 0.29) is 18.5 Å². The number of ether oxygens (including phenoxy) is 1. The molecule has 0 fully saturated rings. The largest absolute Gasteiger partial charge is 0.466 e. The lowest BCUT2D eigenvalue weighted by Crippen LogP contribution is -2.45. The molecule has 0 bridgehead atoms. The molecule has 3 N–H and O–H groups in total. The van der Waals surface area contributed by atoms with E-state index >= 15 is 0 Å². The Kier molecular flexibility index (Phi) is 48.6. The second kappa shape index (κ2) is 50.0. The van der Waals surface area contributed by atoms with Gasteiger partial charge in [0.05, 0.1) is 25.4 Å². The van der Waals surface area contributed by atoms with Crippen molar-refractivity contribution in [3.63, 3.8) is 0 Å². The Balaban J connectivity index is 3.49. The third-order valence-corrected chi connectivity index (χ3v) is 12.2. The molecule has 2 atom stereocenters. The molecule has 0 saturated heterocycles. The lowest BCUT2D eigenvalue weighted by molar-refractivity contribution is -0.143. The number of hydrogen-bond donors (Lipinski definition) is 3. The third-order valence-electron chi connectivity index (χ3n) is 12.2. The fraction of sp³-hybridized carbons (Fsp3) is 0.889. The number of esters is 1. The summed E-state index contributed by atoms with van der Waals surface area (Å²) in [6.45, 7) is 4.87. The van der Waals surface area contributed by atoms with Gasteiger partial charge in [-0.15, -0.1) is 0 Å². The van der Waals surface area contributed by atoms with E-state index in [1.807, 2.05) is 6.08 Å². The van der Waals surface area contributed by atoms with Crippen LogP contribution in [-0.2, 0) is 14.3 Å². The Morgan fingerprint density at radius 2 is 0.783 bits per heavy atom. The zero-order chi connectivity index (χ0) is 43.7. The molecular formula is C54H103NO5. The average molecular weight is 846 g/mol. The summed E-state index contributed by atoms with van der Waals surface area (Å²) in [7, 11) is 0. The molecule has 0 aliphatic carbocycles. The molecule has 354 valence electrons. The molecule has 0 heterocycles. The molecule has 0 radical (unpaired) electrons. The van der Waals surface area contributed by atoms with Crippen LogP contribution in [0, 0.1) is 0 Å². The molecule has 0 aromatic rings. The molecule has 6 nitrogen and oxygen atoms in total. The maximum absolute atomic E-state index is 12.4. The average Bonchev–Trinajstić information content (AvgIpc) is 3.25. The first kappa shape index (κ1) is 58.3. The van der Waals surface area contributed by atoms with Crippen LogP contribution in [0.4, 0.5) is 0 Å². The first-order valence-corrected chi connectivity index (χ1v) is 26.6. The number of carbonyl (C=O) groups is 2. The first-order valence-electron chi connectivity index (χ1n) is 26.6. The molecule has 60 heavy (non-hydrogen) atoms. The van der Waals surface area contributed by atoms with Crippen LogP contribution in [0.15, 0.2) is 24.3 Å². The fourth-order valence-corrected chi connectivity index (χ4v) is 8.10. The van der Waals surface area contributed by atoms with Crippen LogP contribution in [0.5, 0.6) is 0 Å². The summed E-state index contributed by atoms with van der Waals surface area (Å²) in [5.74, 6) is -0.0919. The van der Waals surface area contributed by atoms with E-state index in [0.717, 1.165) is 70.6 Å². The molecule has 0 saturated carbocycles. The van der Waals surface area contributed by atoms with Gasteiger partial charge in [0.25, 0.3) is 0 Å². The maximum atomic E-state index is 12.4. The second-order valence-electron chi connectivity index (χ2n) is 18.2. The van der Waals surface area contributed by atoms with Gasteiger partial charge in [-0.05, 0) is 57.8 Å². The highest BCUT2D eigenvalue weighted by atomic mass is 16.5. The summed E-state index contributed by atoms with van der Waals surface area (Å²) in [4.78, 5) is 24.4. The molecule has 0 spiro atoms. The van der Waals surface area contributed by atoms with E-state index in [9.17, 15) is 19.8 Å². The summed E-state index contributed by atoms with van der Waals surface area (Å²) in [5.41, 5.74) is 0. The van der Waals surface area contributed by atoms with Crippen molar-refractivity contribution < 1.29 is 24.5 Å². The van der Waals surface area contributed by atoms with Crippen molar-refractivity contribution in [2.45, 2.75) is 296 Å². The van der Waals surface area contributed by atoms with Crippen LogP contribution in [0.3, 0.4) is 0 Å². The van der Waals surface area contributed by atoms with Crippen LogP contribution < -0.4 is 5.32 Å². The third kappa shape index (κ3) is 45.9. The molecule has 0 rings (SSSR count). The van der Waals surface area contributed by atoms with Gasteiger partial charge in [0.1, 0.15) is 0 Å². The van der Waals surface area contributed by atoms with Gasteiger partial charge < -0.3 is 20.3 Å². The number of hydrogen-bond acceptors (Lipinski definition) is 5. The summed E-state index contributed by atoms with van der Waals surface area (Å²) >= 11 is 0. The van der Waals surface area contributed by atoms with E-state index in [1.165, 1.54) is 186 Å². The highest BCUT2D eigenvalue weighted by Crippen LogP contribution is 2.16. The molecular weight excluding hydrogens is 743 g/mol. The number of aliphatic hydroxyl groups excluding tert-OH is 2. The predicted molar refractivity (Wildman–Crippen MR) is 260 cm³/mol. The summed E-state index contributed by atoms with van der Waals surface area (Å²) in [5, 5.41) is 23.0. The van der Waals surface area contributed by atoms with Crippen LogP contribution >= 0.6 is 0 Å². The minimum Gasteiger partial charge on any atom is -0.466 e. The van der Waals surface area contributed by atoms with Gasteiger partial charge in [-0.3, -0.25) is 9.59 Å². The van der Waals surface area contributed by atoms with Crippen molar-refractivity contribution in [1.82, 2.24) is 5.32 Å². The molecule has 6 heteroatoms. The number of rotatable bonds is 49. The highest BCUT2D eigenvalue weighted by Gasteiger charge is 2.18. The van der Waals surface area contributed by atoms with Gasteiger partial charge in [0.2, 0.25) is 5.91 Å². The quantitative estimate of drug-likeness (QED) is 0.0322. The lowest BCUT2D eigenvalue weighted by atomic mass is 10.0. The number of amides is 1. The Bertz CT molecular complexity index is 935. The minimum atomic E-state index is -0.853. The van der Waals surface area contributed by atoms with Crippen molar-refractivity contribution >= 4 is 11.9 Å². The molecule has 0 aromatic heterocycles. The molecule has 0 aliphatic rings. The van der Waals surface area contributed by atoms with Gasteiger partial charge in [-0.2, -0.15) is 0 Å². The smallest absolute Gasteiger partial charge is 0.305 e. The predicted octanol–water partition coefficient (Wildman–Crippen LogP) is 15.9. The first-order chi connectivity index (χ1) is 29.5. The van der Waals surface area contributed by atoms with Crippen LogP contribution in [0.1, 0.15) is 284 Å². The monoisotopic (exact) mass is 846 g/mol. The molecule has 2 unspecified atom stereocenters. The zero-order valence-corrected chi connectivity index (χ0v) is 40.2. The Hall–Kier alpha value is -1.66. The summed E-state index contributed by atoms with van der Waals surface area (Å²) in [6.07, 6.45) is 58.9. The van der Waals surface area contributed by atoms with E-state index in [2.05, 4.69) is 31.3 Å². The standard InChI is InChI=1S/C54H103NO5/c1-3-5-7-9-11-13-15-17-19-24-28-32-36-40-44-48-54(59)60-49-45-41-37-33-29-25-21-18-20-23-27-31-35-39-43-47-53(58)55-51(50-56)52(57)46-42-38-34-30-26-22-16-14-12-10-8-6-4-2/h21,25,42,46,51-52,56-57H,3-20,22-24,26-41,43-45,47-50H2,1-2H3,(H,55,58)/b25-21-,46-42+. The summed E-state index contributed by atoms with van der Waals surface area (Å²) in [6, 6.07) is -0.638. The van der Waals surface area contributed by atoms with E-state index in [1.54, 1.807) is 6.08 Å². The van der Waals surface area contributed by atoms with Gasteiger partial charge in [-0.1, -0.05) is 237 Å². The Morgan fingerprint density at radius 3 is 1.18 bits per heavy atom. The summed E-state index contributed by atoms with van der Waals surface area (Å²) < 4.78 is 5.46. The second-order valence-corrected chi connectivity index (χ2v) is 18.2. The van der Waals surface area contributed by atoms with Crippen molar-refractivity contribution in [3.05, 3.63) is 24.3 Å². The van der Waals surface area contributed by atoms with Crippen molar-refractivity contribution in [2.75, 3.05) is 13.2 Å². The van der Waals surface area contributed by atoms with Crippen LogP contribution in [-0.4, -0.2) is 47.4 Å². The van der Waals surface area contributed by atoms with E-state index in [4.69, 9.17) is 4.74 Å². The van der Waals surface area contributed by atoms with Crippen LogP contribution in [0.2, 0.25) is 0 Å². The number of unbranched alkanes of at least 4 members (excludes halogenated alkanes) is 36. The van der Waals surface area contributed by atoms with E-state index < -0.39 is 12.1 Å².